The molecule has 0 bridgehead atoms. The summed E-state index contributed by atoms with van der Waals surface area (Å²) in [6.45, 7) is -0.182. The van der Waals surface area contributed by atoms with Crippen LogP contribution >= 0.6 is 23.2 Å². The minimum Gasteiger partial charge on any atom is -0.484 e. The Morgan fingerprint density at radius 1 is 0.926 bits per heavy atom. The summed E-state index contributed by atoms with van der Waals surface area (Å²) in [5.41, 5.74) is 1.10. The Kier molecular flexibility index (Phi) is 6.01. The zero-order valence-corrected chi connectivity index (χ0v) is 15.4. The number of furan rings is 1. The minimum atomic E-state index is -0.352. The number of hydrogen-bond donors (Lipinski definition) is 2. The van der Waals surface area contributed by atoms with Gasteiger partial charge in [0.15, 0.2) is 12.4 Å². The van der Waals surface area contributed by atoms with E-state index in [0.29, 0.717) is 27.2 Å². The van der Waals surface area contributed by atoms with E-state index in [1.807, 2.05) is 0 Å². The maximum absolute atomic E-state index is 11.9. The predicted octanol–water partition coefficient (Wildman–Crippen LogP) is 4.86. The number of anilines is 2. The summed E-state index contributed by atoms with van der Waals surface area (Å²) in [6, 6.07) is 14.6. The fourth-order valence-electron chi connectivity index (χ4n) is 2.15. The van der Waals surface area contributed by atoms with Gasteiger partial charge in [-0.3, -0.25) is 9.59 Å². The number of carbonyl (C=O) groups excluding carboxylic acids is 2. The molecule has 0 atom stereocenters. The van der Waals surface area contributed by atoms with E-state index in [2.05, 4.69) is 10.6 Å². The van der Waals surface area contributed by atoms with Crippen molar-refractivity contribution in [1.82, 2.24) is 0 Å². The van der Waals surface area contributed by atoms with Crippen LogP contribution in [0.4, 0.5) is 11.4 Å². The smallest absolute Gasteiger partial charge is 0.291 e. The van der Waals surface area contributed by atoms with E-state index in [-0.39, 0.29) is 24.2 Å². The lowest BCUT2D eigenvalue weighted by atomic mass is 10.3. The van der Waals surface area contributed by atoms with Crippen LogP contribution in [0, 0.1) is 0 Å². The number of amides is 2. The van der Waals surface area contributed by atoms with E-state index in [4.69, 9.17) is 32.4 Å². The van der Waals surface area contributed by atoms with Gasteiger partial charge in [-0.1, -0.05) is 23.2 Å². The van der Waals surface area contributed by atoms with E-state index in [1.165, 1.54) is 6.26 Å². The average molecular weight is 405 g/mol. The minimum absolute atomic E-state index is 0.182. The van der Waals surface area contributed by atoms with Gasteiger partial charge in [0.25, 0.3) is 11.8 Å². The lowest BCUT2D eigenvalue weighted by molar-refractivity contribution is -0.118. The number of rotatable bonds is 6. The zero-order valence-electron chi connectivity index (χ0n) is 13.9. The number of carbonyl (C=O) groups is 2. The molecule has 0 unspecified atom stereocenters. The molecule has 2 aromatic carbocycles. The van der Waals surface area contributed by atoms with E-state index in [0.717, 1.165) is 0 Å². The maximum atomic E-state index is 11.9. The van der Waals surface area contributed by atoms with Crippen LogP contribution < -0.4 is 15.4 Å². The Morgan fingerprint density at radius 3 is 2.33 bits per heavy atom. The molecule has 1 aromatic heterocycles. The molecule has 138 valence electrons. The van der Waals surface area contributed by atoms with Gasteiger partial charge in [-0.25, -0.2) is 0 Å². The normalized spacial score (nSPS) is 10.3. The molecule has 0 aliphatic rings. The summed E-state index contributed by atoms with van der Waals surface area (Å²) in [6.07, 6.45) is 1.43. The lowest BCUT2D eigenvalue weighted by Gasteiger charge is -2.09. The molecule has 3 aromatic rings. The molecule has 27 heavy (non-hydrogen) atoms. The number of benzene rings is 2. The van der Waals surface area contributed by atoms with E-state index in [1.54, 1.807) is 54.6 Å². The number of ether oxygens (including phenoxy) is 1. The van der Waals surface area contributed by atoms with Gasteiger partial charge in [0.05, 0.1) is 16.3 Å². The quantitative estimate of drug-likeness (QED) is 0.614. The second-order valence-corrected chi connectivity index (χ2v) is 6.24. The number of nitrogens with one attached hydrogen (secondary N) is 2. The SMILES string of the molecule is O=C(COc1ccc(NC(=O)c2ccco2)cc1)Nc1ccc(Cl)c(Cl)c1. The van der Waals surface area contributed by atoms with Gasteiger partial charge in [0, 0.05) is 11.4 Å². The van der Waals surface area contributed by atoms with Crippen molar-refractivity contribution in [3.63, 3.8) is 0 Å². The monoisotopic (exact) mass is 404 g/mol. The Bertz CT molecular complexity index is 941. The van der Waals surface area contributed by atoms with Crippen molar-refractivity contribution < 1.29 is 18.7 Å². The number of halogens is 2. The van der Waals surface area contributed by atoms with Crippen molar-refractivity contribution >= 4 is 46.4 Å². The molecule has 8 heteroatoms. The van der Waals surface area contributed by atoms with Crippen LogP contribution in [0.3, 0.4) is 0 Å². The largest absolute Gasteiger partial charge is 0.484 e. The Hall–Kier alpha value is -2.96. The molecule has 0 radical (unpaired) electrons. The molecule has 3 rings (SSSR count). The summed E-state index contributed by atoms with van der Waals surface area (Å²) in [5, 5.41) is 6.10. The molecule has 2 amide bonds. The van der Waals surface area contributed by atoms with Crippen molar-refractivity contribution in [3.05, 3.63) is 76.7 Å². The van der Waals surface area contributed by atoms with Crippen LogP contribution in [0.25, 0.3) is 0 Å². The second-order valence-electron chi connectivity index (χ2n) is 5.42. The molecule has 0 aliphatic carbocycles. The van der Waals surface area contributed by atoms with Crippen LogP contribution in [0.1, 0.15) is 10.6 Å². The molecule has 0 saturated heterocycles. The first kappa shape index (κ1) is 18.8. The van der Waals surface area contributed by atoms with Gasteiger partial charge < -0.3 is 19.8 Å². The van der Waals surface area contributed by atoms with E-state index in [9.17, 15) is 9.59 Å². The Labute approximate surface area is 165 Å². The predicted molar refractivity (Wildman–Crippen MR) is 104 cm³/mol. The van der Waals surface area contributed by atoms with Crippen LogP contribution in [0.2, 0.25) is 10.0 Å². The summed E-state index contributed by atoms with van der Waals surface area (Å²) >= 11 is 11.7. The van der Waals surface area contributed by atoms with Crippen LogP contribution in [-0.4, -0.2) is 18.4 Å². The third-order valence-electron chi connectivity index (χ3n) is 3.43. The second kappa shape index (κ2) is 8.62. The third-order valence-corrected chi connectivity index (χ3v) is 4.17. The molecular weight excluding hydrogens is 391 g/mol. The van der Waals surface area contributed by atoms with E-state index < -0.39 is 0 Å². The Balaban J connectivity index is 1.50. The van der Waals surface area contributed by atoms with Crippen molar-refractivity contribution in [2.75, 3.05) is 17.2 Å². The molecule has 0 aliphatic heterocycles. The lowest BCUT2D eigenvalue weighted by Crippen LogP contribution is -2.20. The first-order chi connectivity index (χ1) is 13.0. The molecule has 0 spiro atoms. The Morgan fingerprint density at radius 2 is 1.67 bits per heavy atom. The highest BCUT2D eigenvalue weighted by molar-refractivity contribution is 6.42. The van der Waals surface area contributed by atoms with E-state index >= 15 is 0 Å². The molecular formula is C19H14Cl2N2O4. The molecule has 0 fully saturated rings. The fourth-order valence-corrected chi connectivity index (χ4v) is 2.45. The van der Waals surface area contributed by atoms with Crippen molar-refractivity contribution in [3.8, 4) is 5.75 Å². The number of hydrogen-bond acceptors (Lipinski definition) is 4. The van der Waals surface area contributed by atoms with Crippen molar-refractivity contribution in [1.29, 1.82) is 0 Å². The molecule has 6 nitrogen and oxygen atoms in total. The standard InChI is InChI=1S/C19H14Cl2N2O4/c20-15-8-5-13(10-16(15)21)22-18(24)11-27-14-6-3-12(4-7-14)23-19(25)17-2-1-9-26-17/h1-10H,11H2,(H,22,24)(H,23,25). The summed E-state index contributed by atoms with van der Waals surface area (Å²) in [4.78, 5) is 23.8. The molecule has 2 N–H and O–H groups in total. The summed E-state index contributed by atoms with van der Waals surface area (Å²) < 4.78 is 10.4. The summed E-state index contributed by atoms with van der Waals surface area (Å²) in [7, 11) is 0. The first-order valence-corrected chi connectivity index (χ1v) is 8.59. The van der Waals surface area contributed by atoms with Crippen LogP contribution in [0.5, 0.6) is 5.75 Å². The summed E-state index contributed by atoms with van der Waals surface area (Å²) in [5.74, 6) is 0.00264. The van der Waals surface area contributed by atoms with Gasteiger partial charge in [0.1, 0.15) is 5.75 Å². The van der Waals surface area contributed by atoms with Gasteiger partial charge >= 0.3 is 0 Å². The van der Waals surface area contributed by atoms with Crippen molar-refractivity contribution in [2.45, 2.75) is 0 Å². The van der Waals surface area contributed by atoms with Gasteiger partial charge in [0.2, 0.25) is 0 Å². The highest BCUT2D eigenvalue weighted by Gasteiger charge is 2.09. The zero-order chi connectivity index (χ0) is 19.2. The van der Waals surface area contributed by atoms with Gasteiger partial charge in [-0.2, -0.15) is 0 Å². The molecule has 0 saturated carbocycles. The third kappa shape index (κ3) is 5.26. The first-order valence-electron chi connectivity index (χ1n) is 7.84. The topological polar surface area (TPSA) is 80.6 Å². The fraction of sp³-hybridized carbons (Fsp3) is 0.0526. The average Bonchev–Trinajstić information content (AvgIpc) is 3.19. The van der Waals surface area contributed by atoms with Gasteiger partial charge in [-0.15, -0.1) is 0 Å². The highest BCUT2D eigenvalue weighted by atomic mass is 35.5. The van der Waals surface area contributed by atoms with Crippen LogP contribution in [0.15, 0.2) is 65.3 Å². The van der Waals surface area contributed by atoms with Crippen LogP contribution in [-0.2, 0) is 4.79 Å². The highest BCUT2D eigenvalue weighted by Crippen LogP contribution is 2.25. The maximum Gasteiger partial charge on any atom is 0.291 e. The van der Waals surface area contributed by atoms with Gasteiger partial charge in [-0.05, 0) is 54.6 Å². The van der Waals surface area contributed by atoms with Crippen molar-refractivity contribution in [2.24, 2.45) is 0 Å². The molecule has 1 heterocycles.